The van der Waals surface area contributed by atoms with E-state index in [4.69, 9.17) is 10.5 Å². The summed E-state index contributed by atoms with van der Waals surface area (Å²) in [5.41, 5.74) is 7.76. The summed E-state index contributed by atoms with van der Waals surface area (Å²) in [4.78, 5) is 5.02. The number of hydrogen-bond donors (Lipinski definition) is 1. The van der Waals surface area contributed by atoms with Gasteiger partial charge in [-0.05, 0) is 58.0 Å². The lowest BCUT2D eigenvalue weighted by molar-refractivity contribution is 0.103. The Morgan fingerprint density at radius 3 is 2.67 bits per heavy atom. The van der Waals surface area contributed by atoms with Crippen molar-refractivity contribution in [2.75, 3.05) is 43.4 Å². The highest BCUT2D eigenvalue weighted by Gasteiger charge is 2.31. The summed E-state index contributed by atoms with van der Waals surface area (Å²) in [5, 5.41) is 0. The number of nitrogens with zero attached hydrogens (tertiary/aromatic N) is 2. The van der Waals surface area contributed by atoms with Gasteiger partial charge in [0.05, 0.1) is 12.2 Å². The molecule has 2 N–H and O–H groups in total. The summed E-state index contributed by atoms with van der Waals surface area (Å²) in [5.74, 6) is 0.957. The molecule has 1 fully saturated rings. The fourth-order valence-corrected chi connectivity index (χ4v) is 3.39. The smallest absolute Gasteiger partial charge is 0.143 e. The first-order valence-electron chi connectivity index (χ1n) is 8.09. The molecular formula is C17H27N3O. The van der Waals surface area contributed by atoms with E-state index in [1.54, 1.807) is 0 Å². The first-order chi connectivity index (χ1) is 10.0. The van der Waals surface area contributed by atoms with Crippen LogP contribution in [0.1, 0.15) is 33.1 Å². The number of nitrogen functional groups attached to an aromatic ring is 1. The number of anilines is 2. The van der Waals surface area contributed by atoms with Crippen LogP contribution in [0.4, 0.5) is 11.4 Å². The van der Waals surface area contributed by atoms with Gasteiger partial charge in [-0.3, -0.25) is 0 Å². The maximum absolute atomic E-state index is 6.09. The van der Waals surface area contributed by atoms with Crippen LogP contribution in [-0.4, -0.2) is 43.2 Å². The standard InChI is InChI=1S/C17H27N3O/c1-17(2)13-20(11-10-19-8-4-3-5-9-19)15-12-14(18)6-7-16(15)21-17/h6-7,12H,3-5,8-11,13,18H2,1-2H3. The van der Waals surface area contributed by atoms with Gasteiger partial charge < -0.3 is 20.3 Å². The van der Waals surface area contributed by atoms with E-state index >= 15 is 0 Å². The van der Waals surface area contributed by atoms with Crippen LogP contribution >= 0.6 is 0 Å². The molecule has 116 valence electrons. The maximum atomic E-state index is 6.09. The van der Waals surface area contributed by atoms with Gasteiger partial charge in [-0.25, -0.2) is 0 Å². The minimum Gasteiger partial charge on any atom is -0.484 e. The lowest BCUT2D eigenvalue weighted by Gasteiger charge is -2.42. The zero-order valence-electron chi connectivity index (χ0n) is 13.3. The average Bonchev–Trinajstić information content (AvgIpc) is 2.46. The summed E-state index contributed by atoms with van der Waals surface area (Å²) in [6.07, 6.45) is 4.08. The second-order valence-corrected chi connectivity index (χ2v) is 6.91. The minimum absolute atomic E-state index is 0.148. The topological polar surface area (TPSA) is 41.7 Å². The number of ether oxygens (including phenoxy) is 1. The van der Waals surface area contributed by atoms with Gasteiger partial charge in [0, 0.05) is 18.8 Å². The highest BCUT2D eigenvalue weighted by atomic mass is 16.5. The number of piperidine rings is 1. The molecule has 0 spiro atoms. The largest absolute Gasteiger partial charge is 0.484 e. The Hall–Kier alpha value is -1.42. The Morgan fingerprint density at radius 1 is 1.14 bits per heavy atom. The lowest BCUT2D eigenvalue weighted by Crippen LogP contribution is -2.49. The fourth-order valence-electron chi connectivity index (χ4n) is 3.39. The highest BCUT2D eigenvalue weighted by Crippen LogP contribution is 2.38. The molecule has 0 radical (unpaired) electrons. The monoisotopic (exact) mass is 289 g/mol. The van der Waals surface area contributed by atoms with Gasteiger partial charge in [0.1, 0.15) is 11.4 Å². The predicted molar refractivity (Wildman–Crippen MR) is 88.1 cm³/mol. The molecule has 1 saturated heterocycles. The number of hydrogen-bond acceptors (Lipinski definition) is 4. The molecule has 1 aromatic carbocycles. The number of likely N-dealkylation sites (tertiary alicyclic amines) is 1. The molecule has 4 heteroatoms. The van der Waals surface area contributed by atoms with Gasteiger partial charge in [0.15, 0.2) is 0 Å². The van der Waals surface area contributed by atoms with Crippen molar-refractivity contribution < 1.29 is 4.74 Å². The van der Waals surface area contributed by atoms with Crippen molar-refractivity contribution in [2.45, 2.75) is 38.7 Å². The first kappa shape index (κ1) is 14.5. The van der Waals surface area contributed by atoms with E-state index in [0.29, 0.717) is 0 Å². The van der Waals surface area contributed by atoms with Gasteiger partial charge in [-0.1, -0.05) is 6.42 Å². The van der Waals surface area contributed by atoms with Crippen molar-refractivity contribution in [3.8, 4) is 5.75 Å². The Balaban J connectivity index is 1.73. The van der Waals surface area contributed by atoms with Crippen molar-refractivity contribution in [3.05, 3.63) is 18.2 Å². The average molecular weight is 289 g/mol. The SMILES string of the molecule is CC1(C)CN(CCN2CCCCC2)c2cc(N)ccc2O1. The zero-order chi connectivity index (χ0) is 14.9. The third kappa shape index (κ3) is 3.43. The molecule has 0 atom stereocenters. The first-order valence-corrected chi connectivity index (χ1v) is 8.09. The molecule has 0 bridgehead atoms. The van der Waals surface area contributed by atoms with Gasteiger partial charge >= 0.3 is 0 Å². The summed E-state index contributed by atoms with van der Waals surface area (Å²) in [6, 6.07) is 5.96. The molecule has 0 unspecified atom stereocenters. The molecular weight excluding hydrogens is 262 g/mol. The molecule has 0 aliphatic carbocycles. The van der Waals surface area contributed by atoms with Crippen LogP contribution in [0.5, 0.6) is 5.75 Å². The number of fused-ring (bicyclic) bond motifs is 1. The van der Waals surface area contributed by atoms with Gasteiger partial charge in [-0.15, -0.1) is 0 Å². The van der Waals surface area contributed by atoms with E-state index in [0.717, 1.165) is 36.8 Å². The molecule has 0 saturated carbocycles. The summed E-state index contributed by atoms with van der Waals surface area (Å²) < 4.78 is 6.09. The Kier molecular flexibility index (Phi) is 3.98. The quantitative estimate of drug-likeness (QED) is 0.869. The van der Waals surface area contributed by atoms with E-state index in [-0.39, 0.29) is 5.60 Å². The normalized spacial score (nSPS) is 21.7. The zero-order valence-corrected chi connectivity index (χ0v) is 13.3. The van der Waals surface area contributed by atoms with Crippen molar-refractivity contribution in [1.82, 2.24) is 4.90 Å². The second-order valence-electron chi connectivity index (χ2n) is 6.91. The van der Waals surface area contributed by atoms with Gasteiger partial charge in [0.2, 0.25) is 0 Å². The molecule has 3 rings (SSSR count). The summed E-state index contributed by atoms with van der Waals surface area (Å²) in [6.45, 7) is 9.89. The number of benzene rings is 1. The lowest BCUT2D eigenvalue weighted by atomic mass is 10.0. The molecule has 4 nitrogen and oxygen atoms in total. The van der Waals surface area contributed by atoms with Crippen LogP contribution < -0.4 is 15.4 Å². The molecule has 0 aromatic heterocycles. The van der Waals surface area contributed by atoms with Crippen LogP contribution in [0.25, 0.3) is 0 Å². The predicted octanol–water partition coefficient (Wildman–Crippen LogP) is 2.73. The molecule has 2 aliphatic heterocycles. The second kappa shape index (κ2) is 5.76. The third-order valence-electron chi connectivity index (χ3n) is 4.42. The van der Waals surface area contributed by atoms with Crippen molar-refractivity contribution in [2.24, 2.45) is 0 Å². The van der Waals surface area contributed by atoms with Crippen LogP contribution in [0.15, 0.2) is 18.2 Å². The third-order valence-corrected chi connectivity index (χ3v) is 4.42. The summed E-state index contributed by atoms with van der Waals surface area (Å²) in [7, 11) is 0. The van der Waals surface area contributed by atoms with Crippen molar-refractivity contribution >= 4 is 11.4 Å². The fraction of sp³-hybridized carbons (Fsp3) is 0.647. The van der Waals surface area contributed by atoms with Crippen LogP contribution in [-0.2, 0) is 0 Å². The highest BCUT2D eigenvalue weighted by molar-refractivity contribution is 5.66. The molecule has 0 amide bonds. The number of nitrogens with two attached hydrogens (primary N) is 1. The van der Waals surface area contributed by atoms with Crippen LogP contribution in [0.2, 0.25) is 0 Å². The number of rotatable bonds is 3. The molecule has 2 heterocycles. The van der Waals surface area contributed by atoms with E-state index in [9.17, 15) is 0 Å². The van der Waals surface area contributed by atoms with E-state index < -0.39 is 0 Å². The van der Waals surface area contributed by atoms with E-state index in [1.807, 2.05) is 18.2 Å². The van der Waals surface area contributed by atoms with E-state index in [2.05, 4.69) is 23.6 Å². The van der Waals surface area contributed by atoms with Crippen LogP contribution in [0.3, 0.4) is 0 Å². The van der Waals surface area contributed by atoms with Crippen molar-refractivity contribution in [3.63, 3.8) is 0 Å². The Morgan fingerprint density at radius 2 is 1.90 bits per heavy atom. The van der Waals surface area contributed by atoms with Crippen LogP contribution in [0, 0.1) is 0 Å². The maximum Gasteiger partial charge on any atom is 0.143 e. The molecule has 21 heavy (non-hydrogen) atoms. The van der Waals surface area contributed by atoms with E-state index in [1.165, 1.54) is 32.4 Å². The molecule has 1 aromatic rings. The van der Waals surface area contributed by atoms with Gasteiger partial charge in [0.25, 0.3) is 0 Å². The van der Waals surface area contributed by atoms with Gasteiger partial charge in [-0.2, -0.15) is 0 Å². The Bertz CT molecular complexity index is 495. The Labute approximate surface area is 127 Å². The van der Waals surface area contributed by atoms with Crippen molar-refractivity contribution in [1.29, 1.82) is 0 Å². The summed E-state index contributed by atoms with van der Waals surface area (Å²) >= 11 is 0. The molecule has 2 aliphatic rings. The minimum atomic E-state index is -0.148.